The number of amides is 1. The standard InChI is InChI=1S/C31H26ClN5O7/c1-19-4-5-20(2)36(19)23-6-9-25(10-7-23)42-18-26-11-12-27(43-26)31(38)35-34-16-21-14-22(32)15-28(41-3)30(21)44-29-13-8-24(17-33-29)37(39)40/h4-17H,18H2,1-3H3,(H,35,38). The minimum Gasteiger partial charge on any atom is -0.493 e. The molecule has 5 aromatic rings. The Morgan fingerprint density at radius 3 is 2.50 bits per heavy atom. The van der Waals surface area contributed by atoms with E-state index >= 15 is 0 Å². The molecule has 2 aromatic carbocycles. The monoisotopic (exact) mass is 615 g/mol. The number of nitro groups is 1. The molecular weight excluding hydrogens is 590 g/mol. The summed E-state index contributed by atoms with van der Waals surface area (Å²) in [5, 5.41) is 15.2. The molecule has 1 amide bonds. The maximum Gasteiger partial charge on any atom is 0.307 e. The number of hydrogen-bond acceptors (Lipinski definition) is 9. The number of carbonyl (C=O) groups is 1. The van der Waals surface area contributed by atoms with Crippen LogP contribution in [0.25, 0.3) is 5.69 Å². The van der Waals surface area contributed by atoms with Crippen LogP contribution in [-0.4, -0.2) is 33.7 Å². The van der Waals surface area contributed by atoms with Gasteiger partial charge in [-0.25, -0.2) is 10.4 Å². The van der Waals surface area contributed by atoms with Gasteiger partial charge in [0.2, 0.25) is 5.88 Å². The fourth-order valence-corrected chi connectivity index (χ4v) is 4.52. The second kappa shape index (κ2) is 13.1. The van der Waals surface area contributed by atoms with Crippen LogP contribution in [0.5, 0.6) is 23.1 Å². The molecule has 1 N–H and O–H groups in total. The molecular formula is C31H26ClN5O7. The summed E-state index contributed by atoms with van der Waals surface area (Å²) in [4.78, 5) is 27.0. The van der Waals surface area contributed by atoms with Crippen LogP contribution in [0.4, 0.5) is 5.69 Å². The number of methoxy groups -OCH3 is 1. The van der Waals surface area contributed by atoms with Crippen molar-refractivity contribution in [3.8, 4) is 28.8 Å². The summed E-state index contributed by atoms with van der Waals surface area (Å²) in [7, 11) is 1.42. The number of halogens is 1. The molecule has 5 rings (SSSR count). The molecule has 3 aromatic heterocycles. The van der Waals surface area contributed by atoms with Crippen molar-refractivity contribution in [2.75, 3.05) is 7.11 Å². The molecule has 0 spiro atoms. The van der Waals surface area contributed by atoms with Crippen LogP contribution in [-0.2, 0) is 6.61 Å². The molecule has 0 aliphatic heterocycles. The molecule has 3 heterocycles. The molecule has 0 saturated heterocycles. The highest BCUT2D eigenvalue weighted by atomic mass is 35.5. The van der Waals surface area contributed by atoms with E-state index in [4.69, 9.17) is 30.2 Å². The van der Waals surface area contributed by atoms with E-state index in [0.29, 0.717) is 22.1 Å². The molecule has 0 unspecified atom stereocenters. The first-order valence-electron chi connectivity index (χ1n) is 13.2. The van der Waals surface area contributed by atoms with Gasteiger partial charge in [0.1, 0.15) is 24.3 Å². The van der Waals surface area contributed by atoms with E-state index in [1.165, 1.54) is 43.7 Å². The summed E-state index contributed by atoms with van der Waals surface area (Å²) in [6.07, 6.45) is 2.37. The fraction of sp³-hybridized carbons (Fsp3) is 0.129. The Labute approximate surface area is 256 Å². The average Bonchev–Trinajstić information content (AvgIpc) is 3.63. The Hall–Kier alpha value is -5.62. The summed E-state index contributed by atoms with van der Waals surface area (Å²) >= 11 is 6.21. The zero-order valence-corrected chi connectivity index (χ0v) is 24.6. The Kier molecular flexibility index (Phi) is 8.91. The Bertz CT molecular complexity index is 1810. The number of benzene rings is 2. The predicted octanol–water partition coefficient (Wildman–Crippen LogP) is 6.79. The van der Waals surface area contributed by atoms with Gasteiger partial charge in [0.15, 0.2) is 17.3 Å². The maximum atomic E-state index is 12.7. The van der Waals surface area contributed by atoms with Gasteiger partial charge in [-0.15, -0.1) is 0 Å². The number of aromatic nitrogens is 2. The van der Waals surface area contributed by atoms with Crippen LogP contribution in [0.1, 0.15) is 33.3 Å². The fourth-order valence-electron chi connectivity index (χ4n) is 4.31. The number of furan rings is 1. The zero-order valence-electron chi connectivity index (χ0n) is 23.8. The van der Waals surface area contributed by atoms with Gasteiger partial charge in [-0.3, -0.25) is 14.9 Å². The summed E-state index contributed by atoms with van der Waals surface area (Å²) in [5.41, 5.74) is 5.87. The summed E-state index contributed by atoms with van der Waals surface area (Å²) < 4.78 is 24.8. The third kappa shape index (κ3) is 6.88. The highest BCUT2D eigenvalue weighted by Gasteiger charge is 2.16. The lowest BCUT2D eigenvalue weighted by Crippen LogP contribution is -2.16. The van der Waals surface area contributed by atoms with Gasteiger partial charge in [0.25, 0.3) is 5.69 Å². The summed E-state index contributed by atoms with van der Waals surface area (Å²) in [6.45, 7) is 4.22. The van der Waals surface area contributed by atoms with Crippen molar-refractivity contribution in [3.63, 3.8) is 0 Å². The Balaban J connectivity index is 1.21. The molecule has 0 fully saturated rings. The minimum absolute atomic E-state index is 0.0323. The van der Waals surface area contributed by atoms with Crippen molar-refractivity contribution < 1.29 is 28.3 Å². The molecule has 0 atom stereocenters. The van der Waals surface area contributed by atoms with Crippen molar-refractivity contribution >= 4 is 29.4 Å². The first-order chi connectivity index (χ1) is 21.2. The number of hydrazone groups is 1. The molecule has 0 aliphatic carbocycles. The van der Waals surface area contributed by atoms with Gasteiger partial charge in [0.05, 0.1) is 18.2 Å². The zero-order chi connectivity index (χ0) is 31.2. The first-order valence-corrected chi connectivity index (χ1v) is 13.6. The second-order valence-electron chi connectivity index (χ2n) is 9.44. The van der Waals surface area contributed by atoms with E-state index in [1.54, 1.807) is 6.07 Å². The molecule has 13 heteroatoms. The molecule has 224 valence electrons. The smallest absolute Gasteiger partial charge is 0.307 e. The van der Waals surface area contributed by atoms with E-state index in [0.717, 1.165) is 23.3 Å². The minimum atomic E-state index is -0.595. The molecule has 44 heavy (non-hydrogen) atoms. The summed E-state index contributed by atoms with van der Waals surface area (Å²) in [5.74, 6) is 1.05. The van der Waals surface area contributed by atoms with Crippen LogP contribution in [0, 0.1) is 24.0 Å². The SMILES string of the molecule is COc1cc(Cl)cc(C=NNC(=O)c2ccc(COc3ccc(-n4c(C)ccc4C)cc3)o2)c1Oc1ccc([N+](=O)[O-])cn1. The quantitative estimate of drug-likeness (QED) is 0.0972. The van der Waals surface area contributed by atoms with Crippen molar-refractivity contribution in [2.45, 2.75) is 20.5 Å². The molecule has 0 bridgehead atoms. The normalized spacial score (nSPS) is 11.0. The lowest BCUT2D eigenvalue weighted by Gasteiger charge is -2.13. The number of rotatable bonds is 11. The lowest BCUT2D eigenvalue weighted by atomic mass is 10.2. The van der Waals surface area contributed by atoms with Crippen molar-refractivity contribution in [1.29, 1.82) is 0 Å². The highest BCUT2D eigenvalue weighted by Crippen LogP contribution is 2.36. The first kappa shape index (κ1) is 29.9. The van der Waals surface area contributed by atoms with Crippen LogP contribution in [0.3, 0.4) is 0 Å². The van der Waals surface area contributed by atoms with Gasteiger partial charge < -0.3 is 23.2 Å². The third-order valence-corrected chi connectivity index (χ3v) is 6.63. The van der Waals surface area contributed by atoms with Crippen molar-refractivity contribution in [1.82, 2.24) is 15.0 Å². The number of aryl methyl sites for hydroxylation is 2. The highest BCUT2D eigenvalue weighted by molar-refractivity contribution is 6.31. The largest absolute Gasteiger partial charge is 0.493 e. The Morgan fingerprint density at radius 1 is 1.09 bits per heavy atom. The van der Waals surface area contributed by atoms with Gasteiger partial charge >= 0.3 is 5.91 Å². The number of carbonyl (C=O) groups excluding carboxylic acids is 1. The average molecular weight is 616 g/mol. The third-order valence-electron chi connectivity index (χ3n) is 6.41. The number of ether oxygens (including phenoxy) is 3. The molecule has 0 aliphatic rings. The topological polar surface area (TPSA) is 143 Å². The number of nitrogens with one attached hydrogen (secondary N) is 1. The number of pyridine rings is 1. The van der Waals surface area contributed by atoms with Gasteiger partial charge in [-0.2, -0.15) is 5.10 Å². The maximum absolute atomic E-state index is 12.7. The van der Waals surface area contributed by atoms with Crippen LogP contribution in [0.2, 0.25) is 5.02 Å². The van der Waals surface area contributed by atoms with Gasteiger partial charge in [-0.1, -0.05) is 11.6 Å². The van der Waals surface area contributed by atoms with Crippen molar-refractivity contribution in [3.05, 3.63) is 123 Å². The van der Waals surface area contributed by atoms with Crippen LogP contribution in [0.15, 0.2) is 88.5 Å². The van der Waals surface area contributed by atoms with Gasteiger partial charge in [0, 0.05) is 45.9 Å². The summed E-state index contributed by atoms with van der Waals surface area (Å²) in [6, 6.07) is 20.6. The molecule has 0 saturated carbocycles. The number of hydrogen-bond donors (Lipinski definition) is 1. The van der Waals surface area contributed by atoms with Crippen molar-refractivity contribution in [2.24, 2.45) is 5.10 Å². The Morgan fingerprint density at radius 2 is 1.84 bits per heavy atom. The van der Waals surface area contributed by atoms with Crippen LogP contribution >= 0.6 is 11.6 Å². The predicted molar refractivity (Wildman–Crippen MR) is 162 cm³/mol. The second-order valence-corrected chi connectivity index (χ2v) is 9.88. The van der Waals surface area contributed by atoms with E-state index in [-0.39, 0.29) is 35.4 Å². The van der Waals surface area contributed by atoms with Crippen LogP contribution < -0.4 is 19.6 Å². The molecule has 12 nitrogen and oxygen atoms in total. The number of nitrogens with zero attached hydrogens (tertiary/aromatic N) is 4. The van der Waals surface area contributed by atoms with Gasteiger partial charge in [-0.05, 0) is 68.4 Å². The lowest BCUT2D eigenvalue weighted by molar-refractivity contribution is -0.385. The van der Waals surface area contributed by atoms with E-state index < -0.39 is 10.8 Å². The van der Waals surface area contributed by atoms with E-state index in [9.17, 15) is 14.9 Å². The molecule has 0 radical (unpaired) electrons. The van der Waals surface area contributed by atoms with E-state index in [1.807, 2.05) is 24.3 Å². The van der Waals surface area contributed by atoms with E-state index in [2.05, 4.69) is 46.1 Å².